The lowest BCUT2D eigenvalue weighted by Gasteiger charge is -2.11. The number of fused-ring (bicyclic) bond motifs is 1. The summed E-state index contributed by atoms with van der Waals surface area (Å²) >= 11 is 0. The highest BCUT2D eigenvalue weighted by Gasteiger charge is 2.19. The topological polar surface area (TPSA) is 177 Å². The van der Waals surface area contributed by atoms with E-state index in [4.69, 9.17) is 16.1 Å². The van der Waals surface area contributed by atoms with Gasteiger partial charge in [-0.1, -0.05) is 36.4 Å². The van der Waals surface area contributed by atoms with E-state index in [1.807, 2.05) is 6.07 Å². The summed E-state index contributed by atoms with van der Waals surface area (Å²) in [4.78, 5) is 27.0. The summed E-state index contributed by atoms with van der Waals surface area (Å²) < 4.78 is 0. The summed E-state index contributed by atoms with van der Waals surface area (Å²) in [6, 6.07) is 18.2. The number of rotatable bonds is 6. The van der Waals surface area contributed by atoms with Crippen molar-refractivity contribution in [1.29, 1.82) is 5.26 Å². The van der Waals surface area contributed by atoms with Crippen molar-refractivity contribution < 1.29 is 19.8 Å². The van der Waals surface area contributed by atoms with Crippen molar-refractivity contribution in [3.8, 4) is 11.8 Å². The zero-order valence-corrected chi connectivity index (χ0v) is 17.6. The van der Waals surface area contributed by atoms with Gasteiger partial charge in [0.25, 0.3) is 11.8 Å². The van der Waals surface area contributed by atoms with Crippen molar-refractivity contribution in [2.45, 2.75) is 6.61 Å². The molecule has 10 nitrogen and oxygen atoms in total. The average molecular weight is 454 g/mol. The molecule has 0 saturated heterocycles. The van der Waals surface area contributed by atoms with Crippen LogP contribution >= 0.6 is 0 Å². The zero-order chi connectivity index (χ0) is 24.2. The van der Waals surface area contributed by atoms with Gasteiger partial charge in [-0.2, -0.15) is 5.26 Å². The SMILES string of the molecule is N#Cc1[nH]c(/N=N/c2c(O)c(C(=O)Nc3ccc(CO)cc3)cc3ccccc23)cc1C(N)=O. The van der Waals surface area contributed by atoms with Gasteiger partial charge in [0, 0.05) is 11.1 Å². The number of azo groups is 1. The molecule has 6 N–H and O–H groups in total. The molecule has 10 heteroatoms. The minimum absolute atomic E-state index is 0.0269. The lowest BCUT2D eigenvalue weighted by atomic mass is 10.0. The standard InChI is InChI=1S/C24H18N6O4/c25-11-19-17(23(26)33)10-20(28-19)29-30-21-16-4-2-1-3-14(16)9-18(22(21)32)24(34)27-15-7-5-13(12-31)6-8-15/h1-10,28,31-32H,12H2,(H2,26,33)(H,27,34)/b30-29+. The molecule has 168 valence electrons. The molecule has 1 heterocycles. The normalized spacial score (nSPS) is 10.9. The van der Waals surface area contributed by atoms with Crippen LogP contribution in [-0.2, 0) is 6.61 Å². The van der Waals surface area contributed by atoms with Gasteiger partial charge in [0.05, 0.1) is 17.7 Å². The second-order valence-corrected chi connectivity index (χ2v) is 7.27. The van der Waals surface area contributed by atoms with E-state index in [9.17, 15) is 14.7 Å². The summed E-state index contributed by atoms with van der Waals surface area (Å²) in [6.45, 7) is -0.119. The fourth-order valence-corrected chi connectivity index (χ4v) is 3.36. The van der Waals surface area contributed by atoms with Crippen molar-refractivity contribution in [2.75, 3.05) is 5.32 Å². The van der Waals surface area contributed by atoms with Crippen LogP contribution in [0.1, 0.15) is 32.0 Å². The van der Waals surface area contributed by atoms with Gasteiger partial charge in [0.15, 0.2) is 11.6 Å². The number of amides is 2. The number of nitrogens with two attached hydrogens (primary N) is 1. The van der Waals surface area contributed by atoms with E-state index >= 15 is 0 Å². The highest BCUT2D eigenvalue weighted by atomic mass is 16.3. The lowest BCUT2D eigenvalue weighted by Crippen LogP contribution is -2.12. The number of nitriles is 1. The number of aliphatic hydroxyl groups excluding tert-OH is 1. The Kier molecular flexibility index (Phi) is 6.03. The third kappa shape index (κ3) is 4.32. The van der Waals surface area contributed by atoms with Crippen molar-refractivity contribution in [2.24, 2.45) is 16.0 Å². The zero-order valence-electron chi connectivity index (χ0n) is 17.6. The van der Waals surface area contributed by atoms with E-state index in [2.05, 4.69) is 20.5 Å². The molecular weight excluding hydrogens is 436 g/mol. The van der Waals surface area contributed by atoms with Crippen molar-refractivity contribution in [3.05, 3.63) is 83.0 Å². The van der Waals surface area contributed by atoms with Gasteiger partial charge in [0.2, 0.25) is 0 Å². The van der Waals surface area contributed by atoms with Gasteiger partial charge in [-0.15, -0.1) is 10.2 Å². The first-order valence-corrected chi connectivity index (χ1v) is 10.0. The Labute approximate surface area is 193 Å². The van der Waals surface area contributed by atoms with Crippen molar-refractivity contribution in [3.63, 3.8) is 0 Å². The number of aromatic hydroxyl groups is 1. The van der Waals surface area contributed by atoms with Gasteiger partial charge in [0.1, 0.15) is 17.5 Å². The van der Waals surface area contributed by atoms with Crippen LogP contribution in [0.15, 0.2) is 70.9 Å². The minimum atomic E-state index is -0.798. The Hall–Kier alpha value is -5.01. The third-order valence-electron chi connectivity index (χ3n) is 5.07. The number of aromatic amines is 1. The van der Waals surface area contributed by atoms with Crippen molar-refractivity contribution in [1.82, 2.24) is 4.98 Å². The highest BCUT2D eigenvalue weighted by Crippen LogP contribution is 2.39. The number of phenols is 1. The van der Waals surface area contributed by atoms with Crippen LogP contribution in [0.25, 0.3) is 10.8 Å². The maximum atomic E-state index is 12.9. The van der Waals surface area contributed by atoms with Crippen LogP contribution in [0.5, 0.6) is 5.75 Å². The minimum Gasteiger partial charge on any atom is -0.505 e. The van der Waals surface area contributed by atoms with E-state index < -0.39 is 17.6 Å². The number of carbonyl (C=O) groups excluding carboxylic acids is 2. The molecule has 0 spiro atoms. The second kappa shape index (κ2) is 9.23. The number of primary amides is 1. The molecule has 3 aromatic carbocycles. The smallest absolute Gasteiger partial charge is 0.259 e. The monoisotopic (exact) mass is 454 g/mol. The van der Waals surface area contributed by atoms with E-state index in [0.29, 0.717) is 22.0 Å². The van der Waals surface area contributed by atoms with Crippen LogP contribution < -0.4 is 11.1 Å². The number of nitrogens with one attached hydrogen (secondary N) is 2. The van der Waals surface area contributed by atoms with E-state index in [1.54, 1.807) is 48.5 Å². The van der Waals surface area contributed by atoms with E-state index in [-0.39, 0.29) is 34.9 Å². The molecule has 1 aromatic heterocycles. The molecular formula is C24H18N6O4. The van der Waals surface area contributed by atoms with E-state index in [1.165, 1.54) is 12.1 Å². The Morgan fingerprint density at radius 3 is 2.44 bits per heavy atom. The lowest BCUT2D eigenvalue weighted by molar-refractivity contribution is 0.0997. The molecule has 0 radical (unpaired) electrons. The van der Waals surface area contributed by atoms with Crippen molar-refractivity contribution >= 4 is 39.8 Å². The molecule has 34 heavy (non-hydrogen) atoms. The first kappa shape index (κ1) is 22.2. The number of carbonyl (C=O) groups is 2. The molecule has 4 aromatic rings. The molecule has 0 aliphatic carbocycles. The first-order valence-electron chi connectivity index (χ1n) is 10.0. The largest absolute Gasteiger partial charge is 0.505 e. The summed E-state index contributed by atoms with van der Waals surface area (Å²) in [6.07, 6.45) is 0. The number of H-pyrrole nitrogens is 1. The quantitative estimate of drug-likeness (QED) is 0.276. The van der Waals surface area contributed by atoms with Gasteiger partial charge in [-0.05, 0) is 35.2 Å². The number of nitrogens with zero attached hydrogens (tertiary/aromatic N) is 3. The Morgan fingerprint density at radius 2 is 1.79 bits per heavy atom. The summed E-state index contributed by atoms with van der Waals surface area (Å²) in [5, 5.41) is 41.2. The van der Waals surface area contributed by atoms with Crippen LogP contribution in [-0.4, -0.2) is 27.0 Å². The second-order valence-electron chi connectivity index (χ2n) is 7.27. The molecule has 0 aliphatic rings. The number of aromatic nitrogens is 1. The number of anilines is 1. The number of aliphatic hydroxyl groups is 1. The van der Waals surface area contributed by atoms with Crippen LogP contribution in [0, 0.1) is 11.3 Å². The average Bonchev–Trinajstić information content (AvgIpc) is 3.27. The van der Waals surface area contributed by atoms with Gasteiger partial charge in [-0.25, -0.2) is 0 Å². The van der Waals surface area contributed by atoms with Crippen LogP contribution in [0.3, 0.4) is 0 Å². The maximum Gasteiger partial charge on any atom is 0.259 e. The molecule has 0 atom stereocenters. The molecule has 0 aliphatic heterocycles. The number of benzene rings is 3. The molecule has 0 bridgehead atoms. The molecule has 4 rings (SSSR count). The molecule has 0 saturated carbocycles. The summed E-state index contributed by atoms with van der Waals surface area (Å²) in [5.41, 5.74) is 6.35. The Morgan fingerprint density at radius 1 is 1.06 bits per heavy atom. The predicted octanol–water partition coefficient (Wildman–Crippen LogP) is 4.00. The number of phenolic OH excluding ortho intramolecular Hbond substituents is 1. The first-order chi connectivity index (χ1) is 16.4. The maximum absolute atomic E-state index is 12.9. The number of hydrogen-bond acceptors (Lipinski definition) is 7. The number of hydrogen-bond donors (Lipinski definition) is 5. The molecule has 0 fully saturated rings. The summed E-state index contributed by atoms with van der Waals surface area (Å²) in [5.74, 6) is -1.69. The van der Waals surface area contributed by atoms with Crippen LogP contribution in [0.2, 0.25) is 0 Å². The Bertz CT molecular complexity index is 1480. The van der Waals surface area contributed by atoms with Gasteiger partial charge in [-0.3, -0.25) is 9.59 Å². The highest BCUT2D eigenvalue weighted by molar-refractivity contribution is 6.11. The van der Waals surface area contributed by atoms with E-state index in [0.717, 1.165) is 0 Å². The fourth-order valence-electron chi connectivity index (χ4n) is 3.36. The molecule has 2 amide bonds. The fraction of sp³-hybridized carbons (Fsp3) is 0.0417. The predicted molar refractivity (Wildman–Crippen MR) is 124 cm³/mol. The van der Waals surface area contributed by atoms with Crippen LogP contribution in [0.4, 0.5) is 17.2 Å². The third-order valence-corrected chi connectivity index (χ3v) is 5.07. The Balaban J connectivity index is 1.74. The van der Waals surface area contributed by atoms with Gasteiger partial charge < -0.3 is 26.2 Å². The molecule has 0 unspecified atom stereocenters. The van der Waals surface area contributed by atoms with Gasteiger partial charge >= 0.3 is 0 Å². The summed E-state index contributed by atoms with van der Waals surface area (Å²) in [7, 11) is 0.